The molecule has 0 aliphatic rings. The molecule has 2 aromatic rings. The summed E-state index contributed by atoms with van der Waals surface area (Å²) in [5.41, 5.74) is 6.91. The van der Waals surface area contributed by atoms with Gasteiger partial charge < -0.3 is 15.2 Å². The number of hydrogen-bond donors (Lipinski definition) is 1. The van der Waals surface area contributed by atoms with Gasteiger partial charge in [0.1, 0.15) is 5.82 Å². The predicted molar refractivity (Wildman–Crippen MR) is 70.0 cm³/mol. The molecule has 0 spiro atoms. The first-order chi connectivity index (χ1) is 8.67. The van der Waals surface area contributed by atoms with Crippen molar-refractivity contribution in [3.05, 3.63) is 36.0 Å². The van der Waals surface area contributed by atoms with Gasteiger partial charge in [0.2, 0.25) is 0 Å². The Bertz CT molecular complexity index is 537. The number of methoxy groups -OCH3 is 2. The Morgan fingerprint density at radius 3 is 2.44 bits per heavy atom. The van der Waals surface area contributed by atoms with Gasteiger partial charge in [0.15, 0.2) is 11.5 Å². The highest BCUT2D eigenvalue weighted by atomic mass is 16.5. The number of hydrogen-bond acceptors (Lipinski definition) is 4. The predicted octanol–water partition coefficient (Wildman–Crippen LogP) is 2.09. The van der Waals surface area contributed by atoms with Crippen molar-refractivity contribution in [3.63, 3.8) is 0 Å². The lowest BCUT2D eigenvalue weighted by Gasteiger charge is -2.16. The minimum absolute atomic E-state index is 0.0415. The van der Waals surface area contributed by atoms with Crippen molar-refractivity contribution in [1.29, 1.82) is 0 Å². The van der Waals surface area contributed by atoms with Gasteiger partial charge in [-0.05, 0) is 30.7 Å². The fraction of sp³-hybridized carbons (Fsp3) is 0.308. The van der Waals surface area contributed by atoms with Gasteiger partial charge in [-0.3, -0.25) is 0 Å². The van der Waals surface area contributed by atoms with Crippen molar-refractivity contribution in [2.75, 3.05) is 20.0 Å². The summed E-state index contributed by atoms with van der Waals surface area (Å²) in [5, 5.41) is 4.21. The van der Waals surface area contributed by atoms with E-state index in [0.717, 1.165) is 5.56 Å². The van der Waals surface area contributed by atoms with Crippen molar-refractivity contribution < 1.29 is 9.47 Å². The molecule has 5 nitrogen and oxygen atoms in total. The topological polar surface area (TPSA) is 62.3 Å². The zero-order valence-electron chi connectivity index (χ0n) is 10.8. The van der Waals surface area contributed by atoms with E-state index in [9.17, 15) is 0 Å². The number of nitrogens with two attached hydrogens (primary N) is 1. The number of rotatable bonds is 4. The third-order valence-corrected chi connectivity index (χ3v) is 2.96. The lowest BCUT2D eigenvalue weighted by molar-refractivity contribution is 0.354. The first kappa shape index (κ1) is 12.3. The Kier molecular flexibility index (Phi) is 3.41. The van der Waals surface area contributed by atoms with Crippen LogP contribution in [0.2, 0.25) is 0 Å². The lowest BCUT2D eigenvalue weighted by atomic mass is 10.1. The maximum atomic E-state index is 5.85. The van der Waals surface area contributed by atoms with Crippen LogP contribution in [-0.4, -0.2) is 24.0 Å². The third kappa shape index (κ3) is 2.11. The smallest absolute Gasteiger partial charge is 0.161 e. The van der Waals surface area contributed by atoms with Crippen LogP contribution in [0.3, 0.4) is 0 Å². The molecule has 1 heterocycles. The van der Waals surface area contributed by atoms with Crippen LogP contribution in [0.5, 0.6) is 11.5 Å². The minimum Gasteiger partial charge on any atom is -0.493 e. The summed E-state index contributed by atoms with van der Waals surface area (Å²) in [6, 6.07) is 7.61. The monoisotopic (exact) mass is 247 g/mol. The molecule has 1 aromatic heterocycles. The fourth-order valence-electron chi connectivity index (χ4n) is 1.90. The van der Waals surface area contributed by atoms with Gasteiger partial charge in [0.25, 0.3) is 0 Å². The van der Waals surface area contributed by atoms with E-state index in [4.69, 9.17) is 15.2 Å². The zero-order valence-corrected chi connectivity index (χ0v) is 10.8. The van der Waals surface area contributed by atoms with E-state index < -0.39 is 0 Å². The third-order valence-electron chi connectivity index (χ3n) is 2.96. The molecule has 0 radical (unpaired) electrons. The highest BCUT2D eigenvalue weighted by molar-refractivity contribution is 5.44. The van der Waals surface area contributed by atoms with Gasteiger partial charge in [0.05, 0.1) is 26.5 Å². The summed E-state index contributed by atoms with van der Waals surface area (Å²) in [7, 11) is 3.24. The Labute approximate surface area is 106 Å². The quantitative estimate of drug-likeness (QED) is 0.898. The summed E-state index contributed by atoms with van der Waals surface area (Å²) < 4.78 is 12.3. The molecular formula is C13H17N3O2. The summed E-state index contributed by atoms with van der Waals surface area (Å²) in [6.45, 7) is 2.03. The van der Waals surface area contributed by atoms with E-state index in [1.807, 2.05) is 25.1 Å². The molecule has 0 bridgehead atoms. The number of nitrogen functional groups attached to an aromatic ring is 1. The van der Waals surface area contributed by atoms with E-state index >= 15 is 0 Å². The molecule has 18 heavy (non-hydrogen) atoms. The SMILES string of the molecule is COc1ccc([C@@H](C)n2nccc2N)cc1OC. The average Bonchev–Trinajstić information content (AvgIpc) is 2.83. The van der Waals surface area contributed by atoms with Gasteiger partial charge in [0, 0.05) is 0 Å². The fourth-order valence-corrected chi connectivity index (χ4v) is 1.90. The molecule has 0 fully saturated rings. The van der Waals surface area contributed by atoms with Crippen LogP contribution >= 0.6 is 0 Å². The molecule has 1 aromatic carbocycles. The van der Waals surface area contributed by atoms with Crippen LogP contribution in [0.4, 0.5) is 5.82 Å². The van der Waals surface area contributed by atoms with Gasteiger partial charge in [-0.25, -0.2) is 4.68 Å². The Morgan fingerprint density at radius 1 is 1.17 bits per heavy atom. The van der Waals surface area contributed by atoms with Gasteiger partial charge in [-0.15, -0.1) is 0 Å². The van der Waals surface area contributed by atoms with E-state index in [2.05, 4.69) is 5.10 Å². The van der Waals surface area contributed by atoms with Crippen molar-refractivity contribution >= 4 is 5.82 Å². The molecule has 0 unspecified atom stereocenters. The van der Waals surface area contributed by atoms with Crippen LogP contribution in [-0.2, 0) is 0 Å². The number of ether oxygens (including phenoxy) is 2. The Morgan fingerprint density at radius 2 is 1.89 bits per heavy atom. The maximum Gasteiger partial charge on any atom is 0.161 e. The molecule has 2 N–H and O–H groups in total. The van der Waals surface area contributed by atoms with Gasteiger partial charge in [-0.1, -0.05) is 6.07 Å². The van der Waals surface area contributed by atoms with Crippen LogP contribution in [0.25, 0.3) is 0 Å². The molecule has 0 saturated heterocycles. The van der Waals surface area contributed by atoms with E-state index in [1.54, 1.807) is 31.2 Å². The second-order valence-corrected chi connectivity index (χ2v) is 3.99. The lowest BCUT2D eigenvalue weighted by Crippen LogP contribution is -2.11. The number of anilines is 1. The van der Waals surface area contributed by atoms with Gasteiger partial charge >= 0.3 is 0 Å². The number of nitrogens with zero attached hydrogens (tertiary/aromatic N) is 2. The second kappa shape index (κ2) is 5.00. The first-order valence-electron chi connectivity index (χ1n) is 5.68. The Balaban J connectivity index is 2.37. The highest BCUT2D eigenvalue weighted by Gasteiger charge is 2.13. The highest BCUT2D eigenvalue weighted by Crippen LogP contribution is 2.31. The zero-order chi connectivity index (χ0) is 13.1. The molecule has 0 saturated carbocycles. The van der Waals surface area contributed by atoms with E-state index in [0.29, 0.717) is 17.3 Å². The van der Waals surface area contributed by atoms with Crippen LogP contribution in [0, 0.1) is 0 Å². The van der Waals surface area contributed by atoms with Crippen molar-refractivity contribution in [3.8, 4) is 11.5 Å². The van der Waals surface area contributed by atoms with Crippen LogP contribution in [0.1, 0.15) is 18.5 Å². The summed E-state index contributed by atoms with van der Waals surface area (Å²) in [5.74, 6) is 2.05. The minimum atomic E-state index is 0.0415. The molecule has 0 aliphatic carbocycles. The van der Waals surface area contributed by atoms with E-state index in [1.165, 1.54) is 0 Å². The largest absolute Gasteiger partial charge is 0.493 e. The van der Waals surface area contributed by atoms with Crippen molar-refractivity contribution in [2.45, 2.75) is 13.0 Å². The second-order valence-electron chi connectivity index (χ2n) is 3.99. The standard InChI is InChI=1S/C13H17N3O2/c1-9(16-13(14)6-7-15-16)10-4-5-11(17-2)12(8-10)18-3/h4-9H,14H2,1-3H3/t9-/m1/s1. The molecule has 0 aliphatic heterocycles. The first-order valence-corrected chi connectivity index (χ1v) is 5.68. The van der Waals surface area contributed by atoms with Crippen molar-refractivity contribution in [2.24, 2.45) is 0 Å². The average molecular weight is 247 g/mol. The number of benzene rings is 1. The molecule has 96 valence electrons. The van der Waals surface area contributed by atoms with Crippen molar-refractivity contribution in [1.82, 2.24) is 9.78 Å². The van der Waals surface area contributed by atoms with Crippen LogP contribution in [0.15, 0.2) is 30.5 Å². The summed E-state index contributed by atoms with van der Waals surface area (Å²) >= 11 is 0. The molecule has 5 heteroatoms. The molecule has 2 rings (SSSR count). The number of aromatic nitrogens is 2. The maximum absolute atomic E-state index is 5.85. The van der Waals surface area contributed by atoms with Crippen LogP contribution < -0.4 is 15.2 Å². The Hall–Kier alpha value is -2.17. The molecule has 0 amide bonds. The van der Waals surface area contributed by atoms with E-state index in [-0.39, 0.29) is 6.04 Å². The normalized spacial score (nSPS) is 12.2. The molecule has 1 atom stereocenters. The summed E-state index contributed by atoms with van der Waals surface area (Å²) in [4.78, 5) is 0. The van der Waals surface area contributed by atoms with Gasteiger partial charge in [-0.2, -0.15) is 5.10 Å². The summed E-state index contributed by atoms with van der Waals surface area (Å²) in [6.07, 6.45) is 1.69. The molecular weight excluding hydrogens is 230 g/mol.